The Morgan fingerprint density at radius 3 is 2.22 bits per heavy atom. The lowest BCUT2D eigenvalue weighted by Gasteiger charge is -2.40. The molecular weight excluding hydrogens is 484 g/mol. The second kappa shape index (κ2) is 9.27. The van der Waals surface area contributed by atoms with Crippen LogP contribution in [0.15, 0.2) is 72.8 Å². The van der Waals surface area contributed by atoms with E-state index in [2.05, 4.69) is 4.98 Å². The molecule has 0 aliphatic carbocycles. The number of benzene rings is 3. The standard InChI is InChI=1S/C29H24F4N2O2/c1-18-24(27(36)29(31,32)33)25(19-10-12-21(30)13-11-19)22-8-5-9-23(26(22)34-18)35-16-14-28(37,15-17-35)20-6-3-2-4-7-20/h2-13,37H,14-17H2,1H3. The van der Waals surface area contributed by atoms with Crippen LogP contribution in [-0.4, -0.2) is 35.1 Å². The summed E-state index contributed by atoms with van der Waals surface area (Å²) in [5.74, 6) is -2.53. The molecule has 0 bridgehead atoms. The molecule has 3 aromatic carbocycles. The minimum Gasteiger partial charge on any atom is -0.385 e. The molecule has 0 atom stereocenters. The summed E-state index contributed by atoms with van der Waals surface area (Å²) in [6.45, 7) is 2.38. The number of ketones is 1. The zero-order chi connectivity index (χ0) is 26.4. The Hall–Kier alpha value is -3.78. The molecule has 1 aliphatic heterocycles. The Bertz CT molecular complexity index is 1460. The molecule has 4 aromatic rings. The molecule has 1 saturated heterocycles. The molecule has 1 N–H and O–H groups in total. The monoisotopic (exact) mass is 508 g/mol. The van der Waals surface area contributed by atoms with Crippen molar-refractivity contribution in [3.8, 4) is 11.1 Å². The highest BCUT2D eigenvalue weighted by Crippen LogP contribution is 2.41. The molecule has 4 nitrogen and oxygen atoms in total. The average molecular weight is 509 g/mol. The van der Waals surface area contributed by atoms with Gasteiger partial charge in [0.25, 0.3) is 5.78 Å². The van der Waals surface area contributed by atoms with Gasteiger partial charge < -0.3 is 10.0 Å². The van der Waals surface area contributed by atoms with Gasteiger partial charge in [0, 0.05) is 29.7 Å². The van der Waals surface area contributed by atoms with Crippen LogP contribution in [0.4, 0.5) is 23.2 Å². The summed E-state index contributed by atoms with van der Waals surface area (Å²) < 4.78 is 54.4. The SMILES string of the molecule is Cc1nc2c(N3CCC(O)(c4ccccc4)CC3)cccc2c(-c2ccc(F)cc2)c1C(=O)C(F)(F)F. The van der Waals surface area contributed by atoms with Crippen LogP contribution in [0.25, 0.3) is 22.0 Å². The van der Waals surface area contributed by atoms with Crippen molar-refractivity contribution < 1.29 is 27.5 Å². The van der Waals surface area contributed by atoms with E-state index in [-0.39, 0.29) is 11.3 Å². The van der Waals surface area contributed by atoms with Crippen LogP contribution in [0, 0.1) is 12.7 Å². The summed E-state index contributed by atoms with van der Waals surface area (Å²) in [5.41, 5.74) is 0.782. The van der Waals surface area contributed by atoms with Gasteiger partial charge in [0.05, 0.1) is 22.4 Å². The van der Waals surface area contributed by atoms with Crippen molar-refractivity contribution in [1.29, 1.82) is 0 Å². The summed E-state index contributed by atoms with van der Waals surface area (Å²) >= 11 is 0. The van der Waals surface area contributed by atoms with Gasteiger partial charge in [0.2, 0.25) is 0 Å². The third-order valence-electron chi connectivity index (χ3n) is 7.04. The molecule has 1 aliphatic rings. The normalized spacial score (nSPS) is 15.7. The van der Waals surface area contributed by atoms with Gasteiger partial charge >= 0.3 is 6.18 Å². The predicted molar refractivity (Wildman–Crippen MR) is 134 cm³/mol. The molecule has 1 fully saturated rings. The summed E-state index contributed by atoms with van der Waals surface area (Å²) in [7, 11) is 0. The number of anilines is 1. The van der Waals surface area contributed by atoms with Crippen LogP contribution in [0.5, 0.6) is 0 Å². The highest BCUT2D eigenvalue weighted by Gasteiger charge is 2.42. The quantitative estimate of drug-likeness (QED) is 0.250. The molecule has 5 rings (SSSR count). The van der Waals surface area contributed by atoms with Crippen LogP contribution in [-0.2, 0) is 5.60 Å². The van der Waals surface area contributed by atoms with E-state index in [1.165, 1.54) is 19.1 Å². The molecule has 0 saturated carbocycles. The average Bonchev–Trinajstić information content (AvgIpc) is 2.88. The van der Waals surface area contributed by atoms with Crippen molar-refractivity contribution in [3.05, 3.63) is 95.4 Å². The van der Waals surface area contributed by atoms with Crippen molar-refractivity contribution in [1.82, 2.24) is 4.98 Å². The van der Waals surface area contributed by atoms with Gasteiger partial charge in [-0.15, -0.1) is 0 Å². The van der Waals surface area contributed by atoms with E-state index in [9.17, 15) is 27.5 Å². The van der Waals surface area contributed by atoms with Gasteiger partial charge in [-0.05, 0) is 49.1 Å². The van der Waals surface area contributed by atoms with Gasteiger partial charge in [-0.3, -0.25) is 9.78 Å². The molecule has 0 spiro atoms. The second-order valence-electron chi connectivity index (χ2n) is 9.34. The number of fused-ring (bicyclic) bond motifs is 1. The number of nitrogens with zero attached hydrogens (tertiary/aromatic N) is 2. The number of carbonyl (C=O) groups is 1. The number of alkyl halides is 3. The lowest BCUT2D eigenvalue weighted by atomic mass is 9.84. The van der Waals surface area contributed by atoms with Gasteiger partial charge in [-0.2, -0.15) is 13.2 Å². The van der Waals surface area contributed by atoms with Crippen LogP contribution in [0.3, 0.4) is 0 Å². The fourth-order valence-electron chi connectivity index (χ4n) is 5.14. The lowest BCUT2D eigenvalue weighted by molar-refractivity contribution is -0.0885. The van der Waals surface area contributed by atoms with E-state index >= 15 is 0 Å². The Morgan fingerprint density at radius 1 is 0.946 bits per heavy atom. The first kappa shape index (κ1) is 24.9. The number of hydrogen-bond acceptors (Lipinski definition) is 4. The number of para-hydroxylation sites is 1. The summed E-state index contributed by atoms with van der Waals surface area (Å²) in [6.07, 6.45) is -4.18. The number of hydrogen-bond donors (Lipinski definition) is 1. The maximum Gasteiger partial charge on any atom is 0.454 e. The molecule has 2 heterocycles. The highest BCUT2D eigenvalue weighted by molar-refractivity contribution is 6.14. The number of aromatic nitrogens is 1. The summed E-state index contributed by atoms with van der Waals surface area (Å²) in [4.78, 5) is 19.0. The lowest BCUT2D eigenvalue weighted by Crippen LogP contribution is -2.42. The third kappa shape index (κ3) is 4.57. The number of Topliss-reactive ketones (excluding diaryl/α,β-unsaturated/α-hetero) is 1. The third-order valence-corrected chi connectivity index (χ3v) is 7.04. The minimum absolute atomic E-state index is 0.0561. The fraction of sp³-hybridized carbons (Fsp3) is 0.241. The Balaban J connectivity index is 1.63. The maximum atomic E-state index is 13.6. The van der Waals surface area contributed by atoms with Gasteiger partial charge in [-0.1, -0.05) is 54.6 Å². The number of rotatable bonds is 4. The zero-order valence-electron chi connectivity index (χ0n) is 20.0. The van der Waals surface area contributed by atoms with Crippen LogP contribution >= 0.6 is 0 Å². The number of carbonyl (C=O) groups excluding carboxylic acids is 1. The van der Waals surface area contributed by atoms with Crippen LogP contribution in [0.1, 0.15) is 34.5 Å². The van der Waals surface area contributed by atoms with E-state index in [1.54, 1.807) is 12.1 Å². The zero-order valence-corrected chi connectivity index (χ0v) is 20.0. The number of aliphatic hydroxyl groups is 1. The van der Waals surface area contributed by atoms with E-state index in [0.717, 1.165) is 17.7 Å². The first-order valence-electron chi connectivity index (χ1n) is 11.9. The number of pyridine rings is 1. The summed E-state index contributed by atoms with van der Waals surface area (Å²) in [5, 5.41) is 11.6. The number of halogens is 4. The molecule has 1 aromatic heterocycles. The first-order valence-corrected chi connectivity index (χ1v) is 11.9. The largest absolute Gasteiger partial charge is 0.454 e. The maximum absolute atomic E-state index is 13.6. The molecular formula is C29H24F4N2O2. The molecule has 37 heavy (non-hydrogen) atoms. The molecule has 0 amide bonds. The Kier molecular flexibility index (Phi) is 6.23. The summed E-state index contributed by atoms with van der Waals surface area (Å²) in [6, 6.07) is 19.7. The molecule has 0 unspecified atom stereocenters. The molecule has 190 valence electrons. The van der Waals surface area contributed by atoms with Crippen LogP contribution < -0.4 is 4.90 Å². The van der Waals surface area contributed by atoms with Gasteiger partial charge in [0.15, 0.2) is 0 Å². The van der Waals surface area contributed by atoms with E-state index in [1.807, 2.05) is 41.3 Å². The van der Waals surface area contributed by atoms with Crippen molar-refractivity contribution in [2.45, 2.75) is 31.5 Å². The second-order valence-corrected chi connectivity index (χ2v) is 9.34. The fourth-order valence-corrected chi connectivity index (χ4v) is 5.14. The van der Waals surface area contributed by atoms with Crippen molar-refractivity contribution in [2.75, 3.05) is 18.0 Å². The van der Waals surface area contributed by atoms with Gasteiger partial charge in [-0.25, -0.2) is 4.39 Å². The predicted octanol–water partition coefficient (Wildman–Crippen LogP) is 6.58. The smallest absolute Gasteiger partial charge is 0.385 e. The van der Waals surface area contributed by atoms with Gasteiger partial charge in [0.1, 0.15) is 5.82 Å². The van der Waals surface area contributed by atoms with E-state index in [4.69, 9.17) is 0 Å². The molecule has 0 radical (unpaired) electrons. The minimum atomic E-state index is -5.10. The Labute approximate surface area is 211 Å². The highest BCUT2D eigenvalue weighted by atomic mass is 19.4. The first-order chi connectivity index (χ1) is 17.6. The number of aryl methyl sites for hydroxylation is 1. The molecule has 8 heteroatoms. The van der Waals surface area contributed by atoms with Crippen molar-refractivity contribution in [3.63, 3.8) is 0 Å². The van der Waals surface area contributed by atoms with Crippen molar-refractivity contribution in [2.24, 2.45) is 0 Å². The number of piperidine rings is 1. The topological polar surface area (TPSA) is 53.4 Å². The van der Waals surface area contributed by atoms with E-state index in [0.29, 0.717) is 48.1 Å². The van der Waals surface area contributed by atoms with Crippen molar-refractivity contribution >= 4 is 22.4 Å². The van der Waals surface area contributed by atoms with Crippen LogP contribution in [0.2, 0.25) is 0 Å². The van der Waals surface area contributed by atoms with E-state index < -0.39 is 28.9 Å². The Morgan fingerprint density at radius 2 is 1.59 bits per heavy atom.